The molecular weight excluding hydrogens is 447 g/mol. The largest absolute Gasteiger partial charge is 0.494 e. The molecule has 5 nitrogen and oxygen atoms in total. The summed E-state index contributed by atoms with van der Waals surface area (Å²) >= 11 is 1.72. The van der Waals surface area contributed by atoms with Gasteiger partial charge in [-0.15, -0.1) is 35.3 Å². The van der Waals surface area contributed by atoms with Gasteiger partial charge in [-0.1, -0.05) is 12.1 Å². The summed E-state index contributed by atoms with van der Waals surface area (Å²) in [4.78, 5) is 10.5. The van der Waals surface area contributed by atoms with Gasteiger partial charge in [0.15, 0.2) is 5.96 Å². The Kier molecular flexibility index (Phi) is 9.81. The van der Waals surface area contributed by atoms with E-state index in [4.69, 9.17) is 4.74 Å². The zero-order valence-electron chi connectivity index (χ0n) is 15.3. The van der Waals surface area contributed by atoms with Crippen molar-refractivity contribution >= 4 is 41.3 Å². The smallest absolute Gasteiger partial charge is 0.191 e. The van der Waals surface area contributed by atoms with Crippen molar-refractivity contribution in [2.75, 3.05) is 13.2 Å². The van der Waals surface area contributed by atoms with Crippen molar-refractivity contribution in [1.82, 2.24) is 15.6 Å². The Morgan fingerprint density at radius 2 is 2.04 bits per heavy atom. The molecule has 1 heterocycles. The first-order valence-electron chi connectivity index (χ1n) is 8.29. The fourth-order valence-corrected chi connectivity index (χ4v) is 3.06. The van der Waals surface area contributed by atoms with E-state index in [0.29, 0.717) is 19.7 Å². The van der Waals surface area contributed by atoms with E-state index >= 15 is 0 Å². The molecule has 0 aliphatic carbocycles. The van der Waals surface area contributed by atoms with Crippen LogP contribution in [0.4, 0.5) is 0 Å². The Morgan fingerprint density at radius 1 is 1.24 bits per heavy atom. The summed E-state index contributed by atoms with van der Waals surface area (Å²) in [7, 11) is 0. The van der Waals surface area contributed by atoms with E-state index in [1.165, 1.54) is 4.88 Å². The number of thiazole rings is 1. The van der Waals surface area contributed by atoms with Crippen molar-refractivity contribution in [2.24, 2.45) is 4.99 Å². The molecule has 0 saturated heterocycles. The second-order valence-corrected chi connectivity index (χ2v) is 6.67. The van der Waals surface area contributed by atoms with Crippen molar-refractivity contribution in [3.8, 4) is 5.75 Å². The summed E-state index contributed by atoms with van der Waals surface area (Å²) in [6.07, 6.45) is 0. The standard InChI is InChI=1S/C18H26N4OS.HI/c1-5-19-18(21-12-17-22-13(3)14(4)24-17)20-11-15-8-7-9-16(10-15)23-6-2;/h7-10H,5-6,11-12H2,1-4H3,(H2,19,20,21);1H. The predicted octanol–water partition coefficient (Wildman–Crippen LogP) is 4.03. The third-order valence-corrected chi connectivity index (χ3v) is 4.53. The Labute approximate surface area is 171 Å². The molecule has 0 amide bonds. The summed E-state index contributed by atoms with van der Waals surface area (Å²) in [5.74, 6) is 1.68. The minimum absolute atomic E-state index is 0. The second kappa shape index (κ2) is 11.3. The lowest BCUT2D eigenvalue weighted by Gasteiger charge is -2.10. The van der Waals surface area contributed by atoms with Crippen LogP contribution in [0.1, 0.15) is 35.0 Å². The first kappa shape index (κ1) is 21.7. The number of nitrogens with zero attached hydrogens (tertiary/aromatic N) is 2. The van der Waals surface area contributed by atoms with Crippen LogP contribution in [0.15, 0.2) is 29.3 Å². The minimum atomic E-state index is 0. The highest BCUT2D eigenvalue weighted by Crippen LogP contribution is 2.16. The molecule has 25 heavy (non-hydrogen) atoms. The minimum Gasteiger partial charge on any atom is -0.494 e. The number of nitrogens with one attached hydrogen (secondary N) is 2. The zero-order valence-corrected chi connectivity index (χ0v) is 18.4. The molecule has 2 N–H and O–H groups in total. The molecule has 0 aliphatic rings. The maximum atomic E-state index is 5.53. The summed E-state index contributed by atoms with van der Waals surface area (Å²) in [6.45, 7) is 11.0. The summed E-state index contributed by atoms with van der Waals surface area (Å²) in [5.41, 5.74) is 2.23. The van der Waals surface area contributed by atoms with E-state index in [0.717, 1.165) is 34.5 Å². The highest BCUT2D eigenvalue weighted by molar-refractivity contribution is 14.0. The van der Waals surface area contributed by atoms with Crippen LogP contribution in [0.25, 0.3) is 0 Å². The van der Waals surface area contributed by atoms with Crippen LogP contribution in [-0.2, 0) is 13.1 Å². The van der Waals surface area contributed by atoms with E-state index in [2.05, 4.69) is 40.5 Å². The van der Waals surface area contributed by atoms with Crippen LogP contribution >= 0.6 is 35.3 Å². The van der Waals surface area contributed by atoms with Crippen LogP contribution < -0.4 is 15.4 Å². The Bertz CT molecular complexity index is 668. The van der Waals surface area contributed by atoms with Gasteiger partial charge in [0.2, 0.25) is 0 Å². The lowest BCUT2D eigenvalue weighted by molar-refractivity contribution is 0.340. The van der Waals surface area contributed by atoms with Gasteiger partial charge in [0.05, 0.1) is 25.4 Å². The van der Waals surface area contributed by atoms with Crippen LogP contribution in [0, 0.1) is 13.8 Å². The van der Waals surface area contributed by atoms with Gasteiger partial charge < -0.3 is 15.4 Å². The van der Waals surface area contributed by atoms with Crippen molar-refractivity contribution in [3.63, 3.8) is 0 Å². The number of aromatic nitrogens is 1. The molecule has 0 radical (unpaired) electrons. The normalized spacial score (nSPS) is 11.0. The van der Waals surface area contributed by atoms with E-state index in [1.54, 1.807) is 11.3 Å². The van der Waals surface area contributed by atoms with Crippen LogP contribution in [0.3, 0.4) is 0 Å². The SMILES string of the molecule is CCNC(=NCc1cccc(OCC)c1)NCc1nc(C)c(C)s1.I. The number of hydrogen-bond acceptors (Lipinski definition) is 4. The number of hydrogen-bond donors (Lipinski definition) is 2. The molecule has 1 aromatic carbocycles. The number of halogens is 1. The summed E-state index contributed by atoms with van der Waals surface area (Å²) in [5, 5.41) is 7.69. The van der Waals surface area contributed by atoms with Gasteiger partial charge in [-0.2, -0.15) is 0 Å². The van der Waals surface area contributed by atoms with E-state index in [1.807, 2.05) is 32.0 Å². The van der Waals surface area contributed by atoms with E-state index < -0.39 is 0 Å². The summed E-state index contributed by atoms with van der Waals surface area (Å²) in [6, 6.07) is 8.05. The number of guanidine groups is 1. The second-order valence-electron chi connectivity index (χ2n) is 5.38. The van der Waals surface area contributed by atoms with E-state index in [9.17, 15) is 0 Å². The fourth-order valence-electron chi connectivity index (χ4n) is 2.19. The average Bonchev–Trinajstić information content (AvgIpc) is 2.89. The Balaban J connectivity index is 0.00000312. The highest BCUT2D eigenvalue weighted by atomic mass is 127. The number of rotatable bonds is 7. The molecule has 0 spiro atoms. The van der Waals surface area contributed by atoms with Gasteiger partial charge in [0.1, 0.15) is 10.8 Å². The molecule has 0 atom stereocenters. The van der Waals surface area contributed by atoms with Crippen LogP contribution in [0.5, 0.6) is 5.75 Å². The lowest BCUT2D eigenvalue weighted by Crippen LogP contribution is -2.36. The van der Waals surface area contributed by atoms with Crippen molar-refractivity contribution in [2.45, 2.75) is 40.8 Å². The Morgan fingerprint density at radius 3 is 2.68 bits per heavy atom. The first-order valence-corrected chi connectivity index (χ1v) is 9.10. The van der Waals surface area contributed by atoms with Gasteiger partial charge in [0.25, 0.3) is 0 Å². The maximum Gasteiger partial charge on any atom is 0.191 e. The number of benzene rings is 1. The lowest BCUT2D eigenvalue weighted by atomic mass is 10.2. The van der Waals surface area contributed by atoms with Gasteiger partial charge in [-0.25, -0.2) is 9.98 Å². The molecule has 0 fully saturated rings. The predicted molar refractivity (Wildman–Crippen MR) is 116 cm³/mol. The molecule has 138 valence electrons. The molecule has 2 rings (SSSR count). The molecule has 7 heteroatoms. The molecule has 2 aromatic rings. The molecule has 0 unspecified atom stereocenters. The van der Waals surface area contributed by atoms with Gasteiger partial charge in [-0.05, 0) is 45.4 Å². The third kappa shape index (κ3) is 7.19. The van der Waals surface area contributed by atoms with Crippen molar-refractivity contribution in [1.29, 1.82) is 0 Å². The molecule has 0 aliphatic heterocycles. The number of ether oxygens (including phenoxy) is 1. The monoisotopic (exact) mass is 474 g/mol. The molecule has 0 bridgehead atoms. The molecule has 1 aromatic heterocycles. The zero-order chi connectivity index (χ0) is 17.4. The van der Waals surface area contributed by atoms with Crippen molar-refractivity contribution in [3.05, 3.63) is 45.4 Å². The topological polar surface area (TPSA) is 58.5 Å². The average molecular weight is 474 g/mol. The van der Waals surface area contributed by atoms with Crippen LogP contribution in [-0.4, -0.2) is 24.1 Å². The number of aliphatic imine (C=N–C) groups is 1. The fraction of sp³-hybridized carbons (Fsp3) is 0.444. The van der Waals surface area contributed by atoms with Gasteiger partial charge in [0, 0.05) is 11.4 Å². The molecular formula is C18H27IN4OS. The summed E-state index contributed by atoms with van der Waals surface area (Å²) < 4.78 is 5.53. The first-order chi connectivity index (χ1) is 11.6. The van der Waals surface area contributed by atoms with Crippen molar-refractivity contribution < 1.29 is 4.74 Å². The highest BCUT2D eigenvalue weighted by Gasteiger charge is 2.05. The van der Waals surface area contributed by atoms with E-state index in [-0.39, 0.29) is 24.0 Å². The number of aryl methyl sites for hydroxylation is 2. The van der Waals surface area contributed by atoms with Crippen LogP contribution in [0.2, 0.25) is 0 Å². The Hall–Kier alpha value is -1.35. The molecule has 0 saturated carbocycles. The quantitative estimate of drug-likeness (QED) is 0.362. The van der Waals surface area contributed by atoms with Gasteiger partial charge in [-0.3, -0.25) is 0 Å². The third-order valence-electron chi connectivity index (χ3n) is 3.45. The van der Waals surface area contributed by atoms with Gasteiger partial charge >= 0.3 is 0 Å². The maximum absolute atomic E-state index is 5.53.